The maximum atomic E-state index is 12.0. The number of Topliss-reactive ketones (excluding diaryl/α,β-unsaturated/α-hetero) is 1. The number of benzene rings is 2. The van der Waals surface area contributed by atoms with Crippen molar-refractivity contribution in [2.75, 3.05) is 13.2 Å². The second-order valence-corrected chi connectivity index (χ2v) is 6.76. The molecule has 1 aromatic heterocycles. The first-order chi connectivity index (χ1) is 14.1. The third kappa shape index (κ3) is 6.31. The van der Waals surface area contributed by atoms with Gasteiger partial charge in [-0.15, -0.1) is 0 Å². The molecule has 150 valence electrons. The molecule has 0 spiro atoms. The Balaban J connectivity index is 1.31. The summed E-state index contributed by atoms with van der Waals surface area (Å²) in [6.07, 6.45) is 5.58. The molecular weight excluding hydrogens is 366 g/mol. The smallest absolute Gasteiger partial charge is 0.220 e. The number of rotatable bonds is 10. The van der Waals surface area contributed by atoms with Crippen molar-refractivity contribution in [3.05, 3.63) is 78.1 Å². The highest BCUT2D eigenvalue weighted by Crippen LogP contribution is 2.13. The van der Waals surface area contributed by atoms with Crippen molar-refractivity contribution in [3.63, 3.8) is 0 Å². The molecule has 0 saturated carbocycles. The van der Waals surface area contributed by atoms with E-state index >= 15 is 0 Å². The summed E-state index contributed by atoms with van der Waals surface area (Å²) in [5.41, 5.74) is 2.75. The predicted octanol–water partition coefficient (Wildman–Crippen LogP) is 3.59. The first-order valence-electron chi connectivity index (χ1n) is 9.71. The van der Waals surface area contributed by atoms with Gasteiger partial charge in [-0.1, -0.05) is 18.2 Å². The molecule has 0 aliphatic rings. The molecule has 1 amide bonds. The zero-order valence-corrected chi connectivity index (χ0v) is 16.5. The number of ketones is 1. The molecule has 0 bridgehead atoms. The van der Waals surface area contributed by atoms with Crippen LogP contribution < -0.4 is 10.1 Å². The number of nitrogens with zero attached hydrogens (tertiary/aromatic N) is 2. The molecule has 0 fully saturated rings. The van der Waals surface area contributed by atoms with Gasteiger partial charge in [0, 0.05) is 24.7 Å². The molecule has 29 heavy (non-hydrogen) atoms. The quantitative estimate of drug-likeness (QED) is 0.423. The van der Waals surface area contributed by atoms with Crippen LogP contribution in [0.2, 0.25) is 0 Å². The molecule has 3 aromatic rings. The van der Waals surface area contributed by atoms with E-state index < -0.39 is 0 Å². The Morgan fingerprint density at radius 2 is 1.83 bits per heavy atom. The molecule has 0 radical (unpaired) electrons. The Bertz CT molecular complexity index is 934. The summed E-state index contributed by atoms with van der Waals surface area (Å²) in [5, 5.41) is 7.29. The number of para-hydroxylation sites is 1. The molecule has 1 N–H and O–H groups in total. The van der Waals surface area contributed by atoms with Crippen molar-refractivity contribution in [3.8, 4) is 11.4 Å². The number of aromatic nitrogens is 2. The molecule has 0 aliphatic heterocycles. The van der Waals surface area contributed by atoms with Crippen LogP contribution in [0.4, 0.5) is 0 Å². The lowest BCUT2D eigenvalue weighted by Crippen LogP contribution is -2.25. The van der Waals surface area contributed by atoms with Gasteiger partial charge >= 0.3 is 0 Å². The van der Waals surface area contributed by atoms with Crippen molar-refractivity contribution >= 4 is 11.7 Å². The summed E-state index contributed by atoms with van der Waals surface area (Å²) in [6, 6.07) is 16.9. The Labute approximate surface area is 170 Å². The van der Waals surface area contributed by atoms with Crippen molar-refractivity contribution in [2.24, 2.45) is 0 Å². The van der Waals surface area contributed by atoms with Crippen LogP contribution in [0, 0.1) is 0 Å². The molecule has 1 heterocycles. The van der Waals surface area contributed by atoms with Crippen LogP contribution >= 0.6 is 0 Å². The van der Waals surface area contributed by atoms with E-state index in [1.807, 2.05) is 47.4 Å². The van der Waals surface area contributed by atoms with Gasteiger partial charge in [0.2, 0.25) is 5.91 Å². The molecule has 6 nitrogen and oxygen atoms in total. The van der Waals surface area contributed by atoms with Crippen LogP contribution in [-0.4, -0.2) is 34.6 Å². The molecule has 0 aliphatic carbocycles. The lowest BCUT2D eigenvalue weighted by molar-refractivity contribution is -0.121. The Morgan fingerprint density at radius 3 is 2.55 bits per heavy atom. The van der Waals surface area contributed by atoms with Crippen LogP contribution in [0.5, 0.6) is 5.75 Å². The van der Waals surface area contributed by atoms with Gasteiger partial charge < -0.3 is 10.1 Å². The highest BCUT2D eigenvalue weighted by Gasteiger charge is 2.04. The fourth-order valence-corrected chi connectivity index (χ4v) is 2.85. The number of hydrogen-bond donors (Lipinski definition) is 1. The number of carbonyl (C=O) groups excluding carboxylic acids is 2. The van der Waals surface area contributed by atoms with Crippen molar-refractivity contribution in [1.29, 1.82) is 0 Å². The Kier molecular flexibility index (Phi) is 7.16. The summed E-state index contributed by atoms with van der Waals surface area (Å²) in [6.45, 7) is 2.56. The topological polar surface area (TPSA) is 73.2 Å². The Hall–Kier alpha value is -3.41. The van der Waals surface area contributed by atoms with E-state index in [4.69, 9.17) is 4.74 Å². The number of amides is 1. The summed E-state index contributed by atoms with van der Waals surface area (Å²) in [7, 11) is 0. The molecule has 2 aromatic carbocycles. The van der Waals surface area contributed by atoms with Crippen molar-refractivity contribution in [2.45, 2.75) is 26.2 Å². The fourth-order valence-electron chi connectivity index (χ4n) is 2.85. The van der Waals surface area contributed by atoms with Crippen LogP contribution in [0.1, 0.15) is 35.7 Å². The van der Waals surface area contributed by atoms with Crippen LogP contribution in [0.15, 0.2) is 67.0 Å². The van der Waals surface area contributed by atoms with Gasteiger partial charge in [-0.2, -0.15) is 5.10 Å². The normalized spacial score (nSPS) is 10.5. The minimum atomic E-state index is 0.0102. The minimum Gasteiger partial charge on any atom is -0.494 e. The maximum Gasteiger partial charge on any atom is 0.220 e. The van der Waals surface area contributed by atoms with Crippen molar-refractivity contribution in [1.82, 2.24) is 15.1 Å². The van der Waals surface area contributed by atoms with E-state index in [2.05, 4.69) is 10.4 Å². The summed E-state index contributed by atoms with van der Waals surface area (Å²) in [5.74, 6) is 0.738. The van der Waals surface area contributed by atoms with Gasteiger partial charge in [0.1, 0.15) is 5.75 Å². The van der Waals surface area contributed by atoms with E-state index in [0.717, 1.165) is 17.7 Å². The number of nitrogens with one attached hydrogen (secondary N) is 1. The van der Waals surface area contributed by atoms with Crippen LogP contribution in [-0.2, 0) is 11.2 Å². The van der Waals surface area contributed by atoms with Crippen molar-refractivity contribution < 1.29 is 14.3 Å². The number of ether oxygens (including phenoxy) is 1. The largest absolute Gasteiger partial charge is 0.494 e. The first kappa shape index (κ1) is 20.3. The zero-order valence-electron chi connectivity index (χ0n) is 16.5. The lowest BCUT2D eigenvalue weighted by atomic mass is 10.1. The lowest BCUT2D eigenvalue weighted by Gasteiger charge is -2.07. The summed E-state index contributed by atoms with van der Waals surface area (Å²) >= 11 is 0. The monoisotopic (exact) mass is 391 g/mol. The second-order valence-electron chi connectivity index (χ2n) is 6.76. The van der Waals surface area contributed by atoms with E-state index in [1.54, 1.807) is 24.3 Å². The predicted molar refractivity (Wildman–Crippen MR) is 111 cm³/mol. The van der Waals surface area contributed by atoms with Gasteiger partial charge in [-0.05, 0) is 61.7 Å². The highest BCUT2D eigenvalue weighted by atomic mass is 16.5. The number of hydrogen-bond acceptors (Lipinski definition) is 4. The van der Waals surface area contributed by atoms with Gasteiger partial charge in [0.05, 0.1) is 18.5 Å². The minimum absolute atomic E-state index is 0.0102. The third-order valence-corrected chi connectivity index (χ3v) is 4.47. The van der Waals surface area contributed by atoms with Crippen LogP contribution in [0.3, 0.4) is 0 Å². The zero-order chi connectivity index (χ0) is 20.5. The Morgan fingerprint density at radius 1 is 1.07 bits per heavy atom. The van der Waals surface area contributed by atoms with Gasteiger partial charge in [0.15, 0.2) is 5.78 Å². The van der Waals surface area contributed by atoms with E-state index in [-0.39, 0.29) is 11.7 Å². The van der Waals surface area contributed by atoms with Gasteiger partial charge in [-0.25, -0.2) is 4.68 Å². The molecular formula is C23H25N3O3. The van der Waals surface area contributed by atoms with Gasteiger partial charge in [0.25, 0.3) is 0 Å². The van der Waals surface area contributed by atoms with Crippen LogP contribution in [0.25, 0.3) is 5.69 Å². The van der Waals surface area contributed by atoms with E-state index in [1.165, 1.54) is 6.92 Å². The standard InChI is InChI=1S/C23H25N3O3/c1-18(27)20-9-11-22(12-10-20)29-15-5-8-23(28)24-14-13-19-16-25-26(17-19)21-6-3-2-4-7-21/h2-4,6-7,9-12,16-17H,5,8,13-15H2,1H3,(H,24,28). The summed E-state index contributed by atoms with van der Waals surface area (Å²) in [4.78, 5) is 23.2. The molecule has 6 heteroatoms. The molecule has 3 rings (SSSR count). The maximum absolute atomic E-state index is 12.0. The third-order valence-electron chi connectivity index (χ3n) is 4.47. The average molecular weight is 391 g/mol. The molecule has 0 unspecified atom stereocenters. The van der Waals surface area contributed by atoms with Gasteiger partial charge in [-0.3, -0.25) is 9.59 Å². The summed E-state index contributed by atoms with van der Waals surface area (Å²) < 4.78 is 7.44. The second kappa shape index (κ2) is 10.2. The number of carbonyl (C=O) groups is 2. The van der Waals surface area contributed by atoms with E-state index in [9.17, 15) is 9.59 Å². The average Bonchev–Trinajstić information content (AvgIpc) is 3.21. The molecule has 0 saturated heterocycles. The van der Waals surface area contributed by atoms with E-state index in [0.29, 0.717) is 37.3 Å². The highest BCUT2D eigenvalue weighted by molar-refractivity contribution is 5.94. The first-order valence-corrected chi connectivity index (χ1v) is 9.71. The molecule has 0 atom stereocenters. The fraction of sp³-hybridized carbons (Fsp3) is 0.261. The SMILES string of the molecule is CC(=O)c1ccc(OCCCC(=O)NCCc2cnn(-c3ccccc3)c2)cc1.